The van der Waals surface area contributed by atoms with Gasteiger partial charge in [0.25, 0.3) is 5.91 Å². The van der Waals surface area contributed by atoms with Gasteiger partial charge in [0.05, 0.1) is 0 Å². The first kappa shape index (κ1) is 19.7. The predicted molar refractivity (Wildman–Crippen MR) is 116 cm³/mol. The van der Waals surface area contributed by atoms with E-state index in [-0.39, 0.29) is 11.8 Å². The molecule has 0 aromatic heterocycles. The fraction of sp³-hybridized carbons (Fsp3) is 0.200. The summed E-state index contributed by atoms with van der Waals surface area (Å²) in [5, 5.41) is 2.96. The van der Waals surface area contributed by atoms with Crippen molar-refractivity contribution < 1.29 is 14.3 Å². The maximum atomic E-state index is 13.2. The second kappa shape index (κ2) is 9.27. The Labute approximate surface area is 176 Å². The lowest BCUT2D eigenvalue weighted by Gasteiger charge is -2.34. The largest absolute Gasteiger partial charge is 0.457 e. The molecule has 0 spiro atoms. The molecule has 4 rings (SSSR count). The first-order chi connectivity index (χ1) is 14.7. The zero-order chi connectivity index (χ0) is 20.8. The summed E-state index contributed by atoms with van der Waals surface area (Å²) in [5.41, 5.74) is 1.47. The second-order valence-electron chi connectivity index (χ2n) is 7.29. The number of carbonyl (C=O) groups excluding carboxylic acids is 2. The third-order valence-electron chi connectivity index (χ3n) is 5.14. The van der Waals surface area contributed by atoms with Crippen LogP contribution in [0.1, 0.15) is 30.9 Å². The molecule has 0 radical (unpaired) electrons. The van der Waals surface area contributed by atoms with E-state index in [1.54, 1.807) is 17.0 Å². The maximum Gasteiger partial charge on any atom is 0.251 e. The minimum atomic E-state index is -0.640. The average molecular weight is 400 g/mol. The number of nitrogens with zero attached hydrogens (tertiary/aromatic N) is 1. The summed E-state index contributed by atoms with van der Waals surface area (Å²) in [7, 11) is 0. The molecule has 0 bridgehead atoms. The van der Waals surface area contributed by atoms with Gasteiger partial charge in [0, 0.05) is 18.7 Å². The van der Waals surface area contributed by atoms with Crippen molar-refractivity contribution in [2.24, 2.45) is 0 Å². The Hall–Kier alpha value is -3.60. The fourth-order valence-electron chi connectivity index (χ4n) is 3.65. The van der Waals surface area contributed by atoms with Crippen molar-refractivity contribution in [1.82, 2.24) is 4.90 Å². The summed E-state index contributed by atoms with van der Waals surface area (Å²) in [6, 6.07) is 25.6. The molecule has 1 heterocycles. The number of nitrogens with one attached hydrogen (secondary N) is 1. The molecule has 30 heavy (non-hydrogen) atoms. The number of piperidine rings is 1. The lowest BCUT2D eigenvalue weighted by Crippen LogP contribution is -2.43. The van der Waals surface area contributed by atoms with Gasteiger partial charge in [-0.1, -0.05) is 48.5 Å². The molecule has 152 valence electrons. The van der Waals surface area contributed by atoms with Gasteiger partial charge < -0.3 is 15.0 Å². The van der Waals surface area contributed by atoms with Crippen LogP contribution in [0.15, 0.2) is 84.9 Å². The van der Waals surface area contributed by atoms with E-state index >= 15 is 0 Å². The highest BCUT2D eigenvalue weighted by Gasteiger charge is 2.32. The molecule has 1 fully saturated rings. The molecule has 5 heteroatoms. The van der Waals surface area contributed by atoms with Crippen molar-refractivity contribution in [3.8, 4) is 11.5 Å². The van der Waals surface area contributed by atoms with Crippen LogP contribution in [0.3, 0.4) is 0 Å². The summed E-state index contributed by atoms with van der Waals surface area (Å²) in [6.45, 7) is 0.593. The first-order valence-corrected chi connectivity index (χ1v) is 10.2. The molecule has 1 atom stereocenters. The van der Waals surface area contributed by atoms with Crippen molar-refractivity contribution in [2.45, 2.75) is 25.3 Å². The third-order valence-corrected chi connectivity index (χ3v) is 5.14. The average Bonchev–Trinajstić information content (AvgIpc) is 2.78. The molecule has 1 aliphatic rings. The van der Waals surface area contributed by atoms with E-state index in [0.29, 0.717) is 24.4 Å². The quantitative estimate of drug-likeness (QED) is 0.621. The topological polar surface area (TPSA) is 58.6 Å². The summed E-state index contributed by atoms with van der Waals surface area (Å²) in [5.74, 6) is 1.25. The summed E-state index contributed by atoms with van der Waals surface area (Å²) >= 11 is 0. The van der Waals surface area contributed by atoms with Gasteiger partial charge in [-0.3, -0.25) is 9.59 Å². The molecule has 1 N–H and O–H groups in total. The minimum Gasteiger partial charge on any atom is -0.457 e. The van der Waals surface area contributed by atoms with Crippen LogP contribution in [0.25, 0.3) is 0 Å². The van der Waals surface area contributed by atoms with Gasteiger partial charge >= 0.3 is 0 Å². The number of para-hydroxylation sites is 1. The standard InChI is InChI=1S/C25H24N2O3/c28-23-13-7-8-18-27(23)24(19-9-3-1-4-10-19)25(29)26-20-14-16-22(17-15-20)30-21-11-5-2-6-12-21/h1-6,9-12,14-17,24H,7-8,13,18H2,(H,26,29). The van der Waals surface area contributed by atoms with Crippen LogP contribution in [0.4, 0.5) is 5.69 Å². The van der Waals surface area contributed by atoms with E-state index < -0.39 is 6.04 Å². The Morgan fingerprint density at radius 3 is 2.13 bits per heavy atom. The van der Waals surface area contributed by atoms with E-state index in [9.17, 15) is 9.59 Å². The number of hydrogen-bond donors (Lipinski definition) is 1. The number of ether oxygens (including phenoxy) is 1. The van der Waals surface area contributed by atoms with Crippen molar-refractivity contribution >= 4 is 17.5 Å². The van der Waals surface area contributed by atoms with E-state index in [1.807, 2.05) is 72.8 Å². The van der Waals surface area contributed by atoms with E-state index in [4.69, 9.17) is 4.74 Å². The van der Waals surface area contributed by atoms with Gasteiger partial charge in [0.1, 0.15) is 17.5 Å². The Kier molecular flexibility index (Phi) is 6.09. The minimum absolute atomic E-state index is 0.0249. The molecule has 3 aromatic rings. The zero-order valence-corrected chi connectivity index (χ0v) is 16.7. The van der Waals surface area contributed by atoms with Crippen LogP contribution in [-0.4, -0.2) is 23.3 Å². The summed E-state index contributed by atoms with van der Waals surface area (Å²) in [6.07, 6.45) is 2.28. The van der Waals surface area contributed by atoms with Crippen LogP contribution < -0.4 is 10.1 Å². The Morgan fingerprint density at radius 1 is 0.833 bits per heavy atom. The maximum absolute atomic E-state index is 13.2. The van der Waals surface area contributed by atoms with E-state index in [0.717, 1.165) is 24.2 Å². The highest BCUT2D eigenvalue weighted by Crippen LogP contribution is 2.28. The summed E-state index contributed by atoms with van der Waals surface area (Å²) < 4.78 is 5.80. The molecule has 0 saturated carbocycles. The van der Waals surface area contributed by atoms with Gasteiger partial charge in [0.15, 0.2) is 0 Å². The van der Waals surface area contributed by atoms with Gasteiger partial charge in [-0.25, -0.2) is 0 Å². The molecule has 1 aliphatic heterocycles. The lowest BCUT2D eigenvalue weighted by molar-refractivity contribution is -0.141. The Morgan fingerprint density at radius 2 is 1.47 bits per heavy atom. The smallest absolute Gasteiger partial charge is 0.251 e. The third kappa shape index (κ3) is 4.69. The molecule has 3 aromatic carbocycles. The molecule has 1 saturated heterocycles. The normalized spacial score (nSPS) is 14.8. The monoisotopic (exact) mass is 400 g/mol. The number of amides is 2. The number of rotatable bonds is 6. The van der Waals surface area contributed by atoms with E-state index in [1.165, 1.54) is 0 Å². The highest BCUT2D eigenvalue weighted by molar-refractivity contribution is 5.98. The molecular weight excluding hydrogens is 376 g/mol. The van der Waals surface area contributed by atoms with E-state index in [2.05, 4.69) is 5.32 Å². The number of likely N-dealkylation sites (tertiary alicyclic amines) is 1. The van der Waals surface area contributed by atoms with Gasteiger partial charge in [0.2, 0.25) is 5.91 Å². The van der Waals surface area contributed by atoms with Crippen LogP contribution in [-0.2, 0) is 9.59 Å². The Balaban J connectivity index is 1.50. The molecular formula is C25H24N2O3. The van der Waals surface area contributed by atoms with Crippen LogP contribution in [0, 0.1) is 0 Å². The second-order valence-corrected chi connectivity index (χ2v) is 7.29. The number of carbonyl (C=O) groups is 2. The van der Waals surface area contributed by atoms with Crippen molar-refractivity contribution in [2.75, 3.05) is 11.9 Å². The van der Waals surface area contributed by atoms with Crippen molar-refractivity contribution in [3.05, 3.63) is 90.5 Å². The van der Waals surface area contributed by atoms with Crippen LogP contribution in [0.5, 0.6) is 11.5 Å². The van der Waals surface area contributed by atoms with Crippen molar-refractivity contribution in [1.29, 1.82) is 0 Å². The van der Waals surface area contributed by atoms with Crippen molar-refractivity contribution in [3.63, 3.8) is 0 Å². The van der Waals surface area contributed by atoms with Crippen LogP contribution >= 0.6 is 0 Å². The number of benzene rings is 3. The number of hydrogen-bond acceptors (Lipinski definition) is 3. The fourth-order valence-corrected chi connectivity index (χ4v) is 3.65. The van der Waals surface area contributed by atoms with Gasteiger partial charge in [-0.15, -0.1) is 0 Å². The number of anilines is 1. The van der Waals surface area contributed by atoms with Gasteiger partial charge in [-0.2, -0.15) is 0 Å². The van der Waals surface area contributed by atoms with Crippen LogP contribution in [0.2, 0.25) is 0 Å². The SMILES string of the molecule is O=C(Nc1ccc(Oc2ccccc2)cc1)C(c1ccccc1)N1CCCCC1=O. The molecule has 5 nitrogen and oxygen atoms in total. The highest BCUT2D eigenvalue weighted by atomic mass is 16.5. The Bertz CT molecular complexity index is 988. The molecule has 1 unspecified atom stereocenters. The molecule has 2 amide bonds. The van der Waals surface area contributed by atoms with Gasteiger partial charge in [-0.05, 0) is 54.8 Å². The lowest BCUT2D eigenvalue weighted by atomic mass is 10.0. The molecule has 0 aliphatic carbocycles. The zero-order valence-electron chi connectivity index (χ0n) is 16.7. The first-order valence-electron chi connectivity index (χ1n) is 10.2. The summed E-state index contributed by atoms with van der Waals surface area (Å²) in [4.78, 5) is 27.4. The predicted octanol–water partition coefficient (Wildman–Crippen LogP) is 5.17.